The van der Waals surface area contributed by atoms with E-state index in [-0.39, 0.29) is 12.3 Å². The van der Waals surface area contributed by atoms with Crippen LogP contribution < -0.4 is 20.5 Å². The van der Waals surface area contributed by atoms with E-state index in [1.165, 1.54) is 16.2 Å². The summed E-state index contributed by atoms with van der Waals surface area (Å²) in [6, 6.07) is 3.63. The van der Waals surface area contributed by atoms with Crippen molar-refractivity contribution >= 4 is 44.1 Å². The first-order valence-electron chi connectivity index (χ1n) is 9.35. The number of benzene rings is 1. The van der Waals surface area contributed by atoms with Gasteiger partial charge in [-0.3, -0.25) is 9.59 Å². The van der Waals surface area contributed by atoms with Gasteiger partial charge in [0.05, 0.1) is 12.0 Å². The third-order valence-corrected chi connectivity index (χ3v) is 6.93. The van der Waals surface area contributed by atoms with E-state index in [9.17, 15) is 9.59 Å². The molecule has 0 bridgehead atoms. The molecule has 2 amide bonds. The number of carbonyl (C=O) groups excluding carboxylic acids is 2. The second-order valence-corrected chi connectivity index (χ2v) is 8.90. The highest BCUT2D eigenvalue weighted by Gasteiger charge is 2.24. The highest BCUT2D eigenvalue weighted by molar-refractivity contribution is 9.10. The molecule has 0 saturated carbocycles. The quantitative estimate of drug-likeness (QED) is 0.672. The average Bonchev–Trinajstić information content (AvgIpc) is 2.83. The minimum absolute atomic E-state index is 0.151. The Morgan fingerprint density at radius 3 is 2.57 bits per heavy atom. The lowest BCUT2D eigenvalue weighted by Crippen LogP contribution is -2.20. The number of nitrogens with two attached hydrogens (primary N) is 1. The predicted octanol–water partition coefficient (Wildman–Crippen LogP) is 3.83. The maximum Gasteiger partial charge on any atom is 0.251 e. The molecule has 6 nitrogen and oxygen atoms in total. The van der Waals surface area contributed by atoms with Gasteiger partial charge in [-0.2, -0.15) is 0 Å². The van der Waals surface area contributed by atoms with Crippen LogP contribution >= 0.6 is 27.3 Å². The number of fused-ring (bicyclic) bond motifs is 2. The third kappa shape index (κ3) is 3.89. The fourth-order valence-electron chi connectivity index (χ4n) is 3.68. The fraction of sp³-hybridized carbons (Fsp3) is 0.400. The molecule has 0 unspecified atom stereocenters. The standard InChI is InChI=1S/C20H21BrN2O4S/c21-13-10-15-14(26-6-7-27-15)8-11(13)9-17(24)23-20-18(19(22)25)12-4-2-1-3-5-16(12)28-20/h8,10H,1-7,9H2,(H2,22,25)(H,23,24). The number of aryl methyl sites for hydroxylation is 1. The molecule has 0 atom stereocenters. The van der Waals surface area contributed by atoms with Gasteiger partial charge in [-0.05, 0) is 48.9 Å². The first-order valence-corrected chi connectivity index (χ1v) is 11.0. The van der Waals surface area contributed by atoms with Crippen LogP contribution in [-0.2, 0) is 24.1 Å². The average molecular weight is 465 g/mol. The second-order valence-electron chi connectivity index (χ2n) is 6.95. The van der Waals surface area contributed by atoms with Crippen molar-refractivity contribution in [3.05, 3.63) is 38.2 Å². The zero-order valence-electron chi connectivity index (χ0n) is 15.3. The van der Waals surface area contributed by atoms with Gasteiger partial charge in [-0.25, -0.2) is 0 Å². The van der Waals surface area contributed by atoms with Gasteiger partial charge in [0.25, 0.3) is 5.91 Å². The lowest BCUT2D eigenvalue weighted by atomic mass is 10.0. The zero-order valence-corrected chi connectivity index (χ0v) is 17.7. The zero-order chi connectivity index (χ0) is 19.7. The lowest BCUT2D eigenvalue weighted by molar-refractivity contribution is -0.115. The van der Waals surface area contributed by atoms with E-state index in [2.05, 4.69) is 21.2 Å². The number of ether oxygens (including phenoxy) is 2. The summed E-state index contributed by atoms with van der Waals surface area (Å²) >= 11 is 4.98. The van der Waals surface area contributed by atoms with Crippen LogP contribution in [0.15, 0.2) is 16.6 Å². The fourth-order valence-corrected chi connectivity index (χ4v) is 5.45. The molecule has 148 valence electrons. The van der Waals surface area contributed by atoms with E-state index in [0.29, 0.717) is 35.3 Å². The predicted molar refractivity (Wildman–Crippen MR) is 112 cm³/mol. The van der Waals surface area contributed by atoms with Gasteiger partial charge in [0, 0.05) is 9.35 Å². The highest BCUT2D eigenvalue weighted by atomic mass is 79.9. The van der Waals surface area contributed by atoms with Crippen LogP contribution in [0.5, 0.6) is 11.5 Å². The molecule has 0 saturated heterocycles. The van der Waals surface area contributed by atoms with Gasteiger partial charge in [0.2, 0.25) is 5.91 Å². The Morgan fingerprint density at radius 1 is 1.11 bits per heavy atom. The number of primary amides is 1. The molecular formula is C20H21BrN2O4S. The molecule has 8 heteroatoms. The van der Waals surface area contributed by atoms with Crippen LogP contribution in [0.4, 0.5) is 5.00 Å². The van der Waals surface area contributed by atoms with Gasteiger partial charge in [0.15, 0.2) is 11.5 Å². The highest BCUT2D eigenvalue weighted by Crippen LogP contribution is 2.38. The summed E-state index contributed by atoms with van der Waals surface area (Å²) in [5.74, 6) is 0.629. The van der Waals surface area contributed by atoms with Crippen LogP contribution in [0.2, 0.25) is 0 Å². The molecule has 0 spiro atoms. The molecule has 2 aromatic rings. The molecule has 1 aliphatic heterocycles. The number of carbonyl (C=O) groups is 2. The van der Waals surface area contributed by atoms with E-state index in [1.807, 2.05) is 12.1 Å². The first kappa shape index (κ1) is 19.3. The summed E-state index contributed by atoms with van der Waals surface area (Å²) in [6.45, 7) is 1.00. The Bertz CT molecular complexity index is 941. The molecule has 0 radical (unpaired) electrons. The number of amides is 2. The van der Waals surface area contributed by atoms with E-state index < -0.39 is 5.91 Å². The molecule has 1 aliphatic carbocycles. The van der Waals surface area contributed by atoms with Crippen LogP contribution in [0.25, 0.3) is 0 Å². The minimum atomic E-state index is -0.477. The molecule has 3 N–H and O–H groups in total. The molecular weight excluding hydrogens is 444 g/mol. The molecule has 28 heavy (non-hydrogen) atoms. The number of hydrogen-bond acceptors (Lipinski definition) is 5. The second kappa shape index (κ2) is 8.13. The normalized spacial score (nSPS) is 15.5. The number of rotatable bonds is 4. The van der Waals surface area contributed by atoms with Gasteiger partial charge >= 0.3 is 0 Å². The van der Waals surface area contributed by atoms with Crippen LogP contribution in [0, 0.1) is 0 Å². The first-order chi connectivity index (χ1) is 13.5. The van der Waals surface area contributed by atoms with E-state index in [1.54, 1.807) is 0 Å². The van der Waals surface area contributed by atoms with Crippen molar-refractivity contribution in [1.82, 2.24) is 0 Å². The maximum absolute atomic E-state index is 12.7. The van der Waals surface area contributed by atoms with Crippen LogP contribution in [-0.4, -0.2) is 25.0 Å². The summed E-state index contributed by atoms with van der Waals surface area (Å²) in [4.78, 5) is 25.9. The minimum Gasteiger partial charge on any atom is -0.486 e. The van der Waals surface area contributed by atoms with Crippen molar-refractivity contribution in [2.75, 3.05) is 18.5 Å². The number of thiophene rings is 1. The molecule has 1 aromatic carbocycles. The van der Waals surface area contributed by atoms with Crippen molar-refractivity contribution in [1.29, 1.82) is 0 Å². The largest absolute Gasteiger partial charge is 0.486 e. The Morgan fingerprint density at radius 2 is 1.82 bits per heavy atom. The third-order valence-electron chi connectivity index (χ3n) is 4.98. The van der Waals surface area contributed by atoms with E-state index >= 15 is 0 Å². The van der Waals surface area contributed by atoms with Gasteiger partial charge in [0.1, 0.15) is 18.2 Å². The van der Waals surface area contributed by atoms with E-state index in [0.717, 1.165) is 47.7 Å². The monoisotopic (exact) mass is 464 g/mol. The summed E-state index contributed by atoms with van der Waals surface area (Å²) in [5.41, 5.74) is 7.94. The maximum atomic E-state index is 12.7. The lowest BCUT2D eigenvalue weighted by Gasteiger charge is -2.19. The topological polar surface area (TPSA) is 90.7 Å². The number of halogens is 1. The van der Waals surface area contributed by atoms with Crippen LogP contribution in [0.1, 0.15) is 45.6 Å². The Labute approximate surface area is 175 Å². The Kier molecular flexibility index (Phi) is 5.59. The van der Waals surface area contributed by atoms with Crippen molar-refractivity contribution in [2.24, 2.45) is 5.73 Å². The number of anilines is 1. The van der Waals surface area contributed by atoms with Crippen LogP contribution in [0.3, 0.4) is 0 Å². The Balaban J connectivity index is 1.55. The van der Waals surface area contributed by atoms with Gasteiger partial charge in [-0.15, -0.1) is 11.3 Å². The SMILES string of the molecule is NC(=O)c1c(NC(=O)Cc2cc3c(cc2Br)OCCO3)sc2c1CCCCC2. The van der Waals surface area contributed by atoms with E-state index in [4.69, 9.17) is 15.2 Å². The molecule has 4 rings (SSSR count). The summed E-state index contributed by atoms with van der Waals surface area (Å²) in [7, 11) is 0. The number of nitrogens with one attached hydrogen (secondary N) is 1. The van der Waals surface area contributed by atoms with Gasteiger partial charge in [-0.1, -0.05) is 22.4 Å². The molecule has 2 aliphatic rings. The summed E-state index contributed by atoms with van der Waals surface area (Å²) in [6.07, 6.45) is 5.22. The van der Waals surface area contributed by atoms with Crippen molar-refractivity contribution in [3.8, 4) is 11.5 Å². The summed E-state index contributed by atoms with van der Waals surface area (Å²) < 4.78 is 11.9. The van der Waals surface area contributed by atoms with Crippen molar-refractivity contribution in [2.45, 2.75) is 38.5 Å². The molecule has 1 aromatic heterocycles. The molecule has 0 fully saturated rings. The molecule has 2 heterocycles. The summed E-state index contributed by atoms with van der Waals surface area (Å²) in [5, 5.41) is 3.48. The smallest absolute Gasteiger partial charge is 0.251 e. The van der Waals surface area contributed by atoms with Gasteiger partial charge < -0.3 is 20.5 Å². The van der Waals surface area contributed by atoms with Crippen molar-refractivity contribution < 1.29 is 19.1 Å². The number of hydrogen-bond donors (Lipinski definition) is 2. The Hall–Kier alpha value is -2.06. The van der Waals surface area contributed by atoms with Crippen molar-refractivity contribution in [3.63, 3.8) is 0 Å².